The van der Waals surface area contributed by atoms with Crippen molar-refractivity contribution >= 4 is 22.6 Å². The fourth-order valence-electron chi connectivity index (χ4n) is 0.462. The van der Waals surface area contributed by atoms with E-state index in [4.69, 9.17) is 6.42 Å². The van der Waals surface area contributed by atoms with E-state index < -0.39 is 0 Å². The van der Waals surface area contributed by atoms with Gasteiger partial charge in [-0.25, -0.2) is 0 Å². The van der Waals surface area contributed by atoms with Gasteiger partial charge in [0.1, 0.15) is 0 Å². The molecule has 0 heterocycles. The zero-order chi connectivity index (χ0) is 7.11. The summed E-state index contributed by atoms with van der Waals surface area (Å²) < 4.78 is 0.743. The van der Waals surface area contributed by atoms with Crippen LogP contribution in [-0.4, -0.2) is 17.0 Å². The summed E-state index contributed by atoms with van der Waals surface area (Å²) in [6.07, 6.45) is 6.23. The molecule has 1 nitrogen and oxygen atoms in total. The van der Waals surface area contributed by atoms with Gasteiger partial charge in [-0.15, -0.1) is 6.42 Å². The molecule has 0 spiro atoms. The van der Waals surface area contributed by atoms with Crippen molar-refractivity contribution in [3.63, 3.8) is 0 Å². The number of rotatable bonds is 4. The first kappa shape index (κ1) is 9.25. The van der Waals surface area contributed by atoms with E-state index >= 15 is 0 Å². The Balaban J connectivity index is 2.85. The summed E-state index contributed by atoms with van der Waals surface area (Å²) in [7, 11) is 0. The summed E-state index contributed by atoms with van der Waals surface area (Å²) in [5.41, 5.74) is 0. The third kappa shape index (κ3) is 8.25. The summed E-state index contributed by atoms with van der Waals surface area (Å²) in [6, 6.07) is 0. The molecule has 1 unspecified atom stereocenters. The molecule has 0 rings (SSSR count). The lowest BCUT2D eigenvalue weighted by molar-refractivity contribution is 0.705. The highest BCUT2D eigenvalue weighted by molar-refractivity contribution is 14.1. The van der Waals surface area contributed by atoms with Gasteiger partial charge in [-0.3, -0.25) is 0 Å². The molecule has 0 aromatic carbocycles. The first-order valence-electron chi connectivity index (χ1n) is 3.05. The molecule has 0 aromatic heterocycles. The van der Waals surface area contributed by atoms with E-state index in [0.29, 0.717) is 6.54 Å². The maximum Gasteiger partial charge on any atom is 0.0573 e. The monoisotopic (exact) mass is 237 g/mol. The van der Waals surface area contributed by atoms with Gasteiger partial charge in [-0.2, -0.15) is 0 Å². The van der Waals surface area contributed by atoms with Crippen LogP contribution in [0, 0.1) is 12.3 Å². The minimum Gasteiger partial charge on any atom is -0.306 e. The number of halogens is 1. The zero-order valence-electron chi connectivity index (χ0n) is 5.65. The Hall–Kier alpha value is 0.250. The first-order chi connectivity index (χ1) is 4.27. The highest BCUT2D eigenvalue weighted by Crippen LogP contribution is 2.01. The lowest BCUT2D eigenvalue weighted by Gasteiger charge is -2.01. The molecule has 52 valence electrons. The lowest BCUT2D eigenvalue weighted by Crippen LogP contribution is -2.17. The molecule has 1 atom stereocenters. The van der Waals surface area contributed by atoms with E-state index in [0.717, 1.165) is 10.5 Å². The van der Waals surface area contributed by atoms with Crippen molar-refractivity contribution < 1.29 is 0 Å². The molecule has 9 heavy (non-hydrogen) atoms. The van der Waals surface area contributed by atoms with Crippen molar-refractivity contribution in [2.45, 2.75) is 17.3 Å². The number of hydrogen-bond acceptors (Lipinski definition) is 1. The van der Waals surface area contributed by atoms with Crippen molar-refractivity contribution in [2.75, 3.05) is 13.1 Å². The van der Waals surface area contributed by atoms with Crippen LogP contribution >= 0.6 is 22.6 Å². The predicted octanol–water partition coefficient (Wildman–Crippen LogP) is 1.42. The summed E-state index contributed by atoms with van der Waals surface area (Å²) in [4.78, 5) is 0. The highest BCUT2D eigenvalue weighted by atomic mass is 127. The largest absolute Gasteiger partial charge is 0.306 e. The fourth-order valence-corrected chi connectivity index (χ4v) is 0.773. The molecule has 2 heteroatoms. The van der Waals surface area contributed by atoms with E-state index in [1.165, 1.54) is 6.42 Å². The maximum atomic E-state index is 5.03. The Morgan fingerprint density at radius 1 is 1.78 bits per heavy atom. The van der Waals surface area contributed by atoms with Gasteiger partial charge in [0, 0.05) is 3.92 Å². The van der Waals surface area contributed by atoms with Crippen LogP contribution in [0.15, 0.2) is 0 Å². The molecule has 1 N–H and O–H groups in total. The van der Waals surface area contributed by atoms with Crippen LogP contribution in [-0.2, 0) is 0 Å². The molecule has 0 aliphatic carbocycles. The van der Waals surface area contributed by atoms with E-state index in [1.54, 1.807) is 0 Å². The van der Waals surface area contributed by atoms with Crippen LogP contribution in [0.2, 0.25) is 0 Å². The molecule has 0 fully saturated rings. The first-order valence-corrected chi connectivity index (χ1v) is 4.30. The predicted molar refractivity (Wildman–Crippen MR) is 49.8 cm³/mol. The molecule has 0 amide bonds. The Kier molecular flexibility index (Phi) is 6.55. The fraction of sp³-hybridized carbons (Fsp3) is 0.714. The Morgan fingerprint density at radius 3 is 2.89 bits per heavy atom. The van der Waals surface area contributed by atoms with Crippen LogP contribution in [0.4, 0.5) is 0 Å². The Bertz CT molecular complexity index is 93.6. The van der Waals surface area contributed by atoms with Crippen LogP contribution < -0.4 is 5.32 Å². The van der Waals surface area contributed by atoms with Crippen molar-refractivity contribution in [1.29, 1.82) is 0 Å². The third-order valence-electron chi connectivity index (χ3n) is 0.946. The van der Waals surface area contributed by atoms with Crippen LogP contribution in [0.25, 0.3) is 0 Å². The number of terminal acetylenes is 1. The van der Waals surface area contributed by atoms with E-state index in [-0.39, 0.29) is 0 Å². The molecule has 0 saturated heterocycles. The van der Waals surface area contributed by atoms with Gasteiger partial charge in [0.05, 0.1) is 6.54 Å². The van der Waals surface area contributed by atoms with Crippen LogP contribution in [0.3, 0.4) is 0 Å². The molecular weight excluding hydrogens is 225 g/mol. The van der Waals surface area contributed by atoms with Crippen LogP contribution in [0.5, 0.6) is 0 Å². The smallest absolute Gasteiger partial charge is 0.0573 e. The van der Waals surface area contributed by atoms with Gasteiger partial charge in [-0.1, -0.05) is 35.4 Å². The van der Waals surface area contributed by atoms with E-state index in [1.807, 2.05) is 0 Å². The Morgan fingerprint density at radius 2 is 2.44 bits per heavy atom. The average molecular weight is 237 g/mol. The van der Waals surface area contributed by atoms with Gasteiger partial charge in [0.15, 0.2) is 0 Å². The van der Waals surface area contributed by atoms with Crippen molar-refractivity contribution in [3.05, 3.63) is 0 Å². The Labute approximate surface area is 70.7 Å². The van der Waals surface area contributed by atoms with Gasteiger partial charge in [-0.05, 0) is 13.0 Å². The van der Waals surface area contributed by atoms with Crippen molar-refractivity contribution in [3.8, 4) is 12.3 Å². The summed E-state index contributed by atoms with van der Waals surface area (Å²) in [5.74, 6) is 2.53. The molecule has 0 aliphatic heterocycles. The minimum atomic E-state index is 0.698. The van der Waals surface area contributed by atoms with Crippen LogP contribution in [0.1, 0.15) is 13.3 Å². The second-order valence-electron chi connectivity index (χ2n) is 1.95. The zero-order valence-corrected chi connectivity index (χ0v) is 7.81. The number of nitrogens with one attached hydrogen (secondary N) is 1. The number of hydrogen-bond donors (Lipinski definition) is 1. The molecule has 0 saturated carbocycles. The number of alkyl halides is 1. The molecule has 0 radical (unpaired) electrons. The molecule has 0 bridgehead atoms. The summed E-state index contributed by atoms with van der Waals surface area (Å²) in [5, 5.41) is 3.13. The second kappa shape index (κ2) is 6.37. The summed E-state index contributed by atoms with van der Waals surface area (Å²) in [6.45, 7) is 3.93. The van der Waals surface area contributed by atoms with Gasteiger partial charge in [0.25, 0.3) is 0 Å². The minimum absolute atomic E-state index is 0.698. The maximum absolute atomic E-state index is 5.03. The second-order valence-corrected chi connectivity index (χ2v) is 4.08. The lowest BCUT2D eigenvalue weighted by atomic mass is 10.3. The SMILES string of the molecule is C#CCNCCC(C)I. The molecule has 0 aliphatic rings. The molecular formula is C7H12IN. The highest BCUT2D eigenvalue weighted by Gasteiger charge is 1.91. The van der Waals surface area contributed by atoms with Gasteiger partial charge < -0.3 is 5.32 Å². The van der Waals surface area contributed by atoms with Gasteiger partial charge >= 0.3 is 0 Å². The van der Waals surface area contributed by atoms with E-state index in [2.05, 4.69) is 40.8 Å². The normalized spacial score (nSPS) is 12.6. The topological polar surface area (TPSA) is 12.0 Å². The van der Waals surface area contributed by atoms with Crippen molar-refractivity contribution in [1.82, 2.24) is 5.32 Å². The average Bonchev–Trinajstić information content (AvgIpc) is 1.80. The van der Waals surface area contributed by atoms with Crippen molar-refractivity contribution in [2.24, 2.45) is 0 Å². The standard InChI is InChI=1S/C7H12IN/c1-3-5-9-6-4-7(2)8/h1,7,9H,4-6H2,2H3. The molecule has 0 aromatic rings. The quantitative estimate of drug-likeness (QED) is 0.337. The summed E-state index contributed by atoms with van der Waals surface area (Å²) >= 11 is 2.40. The third-order valence-corrected chi connectivity index (χ3v) is 1.57. The van der Waals surface area contributed by atoms with Gasteiger partial charge in [0.2, 0.25) is 0 Å². The van der Waals surface area contributed by atoms with E-state index in [9.17, 15) is 0 Å².